The summed E-state index contributed by atoms with van der Waals surface area (Å²) in [7, 11) is -4.98. The van der Waals surface area contributed by atoms with Crippen LogP contribution in [0.5, 0.6) is 11.5 Å². The molecule has 0 spiro atoms. The third kappa shape index (κ3) is 13.5. The van der Waals surface area contributed by atoms with E-state index < -0.39 is 62.6 Å². The van der Waals surface area contributed by atoms with E-state index >= 15 is 0 Å². The van der Waals surface area contributed by atoms with E-state index in [0.29, 0.717) is 87.0 Å². The summed E-state index contributed by atoms with van der Waals surface area (Å²) >= 11 is 0. The number of aromatic hydroxyl groups is 1. The maximum Gasteiger partial charge on any atom is 1.00 e. The number of allylic oxidation sites excluding steroid dienone is 1. The number of aliphatic hydroxyl groups is 3. The Morgan fingerprint density at radius 2 is 1.58 bits per heavy atom. The number of rotatable bonds is 13. The minimum Gasteiger partial charge on any atom is -0.748 e. The summed E-state index contributed by atoms with van der Waals surface area (Å²) in [4.78, 5) is 5.38. The van der Waals surface area contributed by atoms with Crippen LogP contribution < -0.4 is 45.8 Å². The first-order chi connectivity index (χ1) is 45.8. The molecule has 0 aromatic heterocycles. The van der Waals surface area contributed by atoms with Crippen molar-refractivity contribution in [3.63, 3.8) is 0 Å². The Morgan fingerprint density at radius 1 is 0.833 bits per heavy atom. The van der Waals surface area contributed by atoms with E-state index in [0.717, 1.165) is 76.6 Å². The third-order valence-electron chi connectivity index (χ3n) is 23.7. The van der Waals surface area contributed by atoms with Crippen LogP contribution in [0.3, 0.4) is 0 Å². The third-order valence-corrected chi connectivity index (χ3v) is 24.9. The van der Waals surface area contributed by atoms with Crippen molar-refractivity contribution in [1.82, 2.24) is 0 Å². The van der Waals surface area contributed by atoms with E-state index in [2.05, 4.69) is 148 Å². The van der Waals surface area contributed by atoms with Crippen molar-refractivity contribution < 1.29 is 72.4 Å². The largest absolute Gasteiger partial charge is 1.00 e. The molecule has 16 unspecified atom stereocenters. The minimum absolute atomic E-state index is 0. The molecule has 5 aliphatic heterocycles. The van der Waals surface area contributed by atoms with Crippen LogP contribution in [0.1, 0.15) is 189 Å². The van der Waals surface area contributed by atoms with Gasteiger partial charge in [0, 0.05) is 48.0 Å². The predicted octanol–water partition coefficient (Wildman–Crippen LogP) is 11.4. The zero-order valence-electron chi connectivity index (χ0n) is 56.0. The Hall–Kier alpha value is -6.28. The molecule has 7 aromatic carbocycles. The normalized spacial score (nSPS) is 30.2. The van der Waals surface area contributed by atoms with Gasteiger partial charge in [-0.05, 0) is 228 Å². The molecule has 8 N–H and O–H groups in total. The first-order valence-electron chi connectivity index (χ1n) is 35.1. The van der Waals surface area contributed by atoms with Crippen LogP contribution in [0.2, 0.25) is 0 Å². The summed E-state index contributed by atoms with van der Waals surface area (Å²) in [6.45, 7) is 6.59. The number of aliphatic imine (C=N–C) groups is 1. The second kappa shape index (κ2) is 28.2. The second-order valence-electron chi connectivity index (χ2n) is 29.8. The summed E-state index contributed by atoms with van der Waals surface area (Å²) < 4.78 is 58.5. The summed E-state index contributed by atoms with van der Waals surface area (Å²) in [6.07, 6.45) is 10.6. The van der Waals surface area contributed by atoms with Gasteiger partial charge in [0.05, 0.1) is 33.2 Å². The van der Waals surface area contributed by atoms with Crippen LogP contribution in [0.15, 0.2) is 168 Å². The molecule has 14 heteroatoms. The molecule has 0 radical (unpaired) electrons. The summed E-state index contributed by atoms with van der Waals surface area (Å²) in [5.41, 5.74) is 22.1. The Kier molecular flexibility index (Phi) is 20.0. The SMILES string of the molecule is CC(C)CCc1ccc2ccccc2c1CC(O)c1ccc(C2CCC3CCC(C4(N=C(N)N)Oc5ccc6c(c5)CCC(C)C6CC(S(=O)(=O)[O-])C5C=C6CC(CC7CC(CO)CC#Cc8cc(O)ccc8C6O7)C5c5ccc4cc5)C(Cc4ccccc4)C3(O)C2)cc1.[Na+]. The Balaban J connectivity index is 0.00000833. The van der Waals surface area contributed by atoms with Crippen molar-refractivity contribution in [1.29, 1.82) is 0 Å². The molecule has 2 saturated carbocycles. The van der Waals surface area contributed by atoms with Gasteiger partial charge in [0.1, 0.15) is 17.6 Å². The topological polar surface area (TPSA) is 221 Å². The quantitative estimate of drug-likeness (QED) is 0.0159. The van der Waals surface area contributed by atoms with Gasteiger partial charge in [-0.3, -0.25) is 0 Å². The molecule has 10 bridgehead atoms. The van der Waals surface area contributed by atoms with Gasteiger partial charge < -0.3 is 45.9 Å². The first-order valence-corrected chi connectivity index (χ1v) is 36.6. The molecule has 96 heavy (non-hydrogen) atoms. The summed E-state index contributed by atoms with van der Waals surface area (Å²) in [5.74, 6) is 4.78. The van der Waals surface area contributed by atoms with Crippen LogP contribution in [0.4, 0.5) is 0 Å². The second-order valence-corrected chi connectivity index (χ2v) is 31.4. The zero-order chi connectivity index (χ0) is 65.9. The van der Waals surface area contributed by atoms with Gasteiger partial charge in [-0.2, -0.15) is 0 Å². The predicted molar refractivity (Wildman–Crippen MR) is 372 cm³/mol. The van der Waals surface area contributed by atoms with Crippen molar-refractivity contribution in [2.24, 2.45) is 63.8 Å². The molecule has 9 aliphatic rings. The van der Waals surface area contributed by atoms with Crippen LogP contribution in [0.25, 0.3) is 10.8 Å². The molecule has 3 fully saturated rings. The molecule has 1 saturated heterocycles. The number of phenolic OH excluding ortho intramolecular Hbond substituents is 1. The average molecular weight is 1320 g/mol. The molecule has 0 amide bonds. The molecule has 4 aliphatic carbocycles. The number of hydrogen-bond donors (Lipinski definition) is 6. The summed E-state index contributed by atoms with van der Waals surface area (Å²) in [6, 6.07) is 51.3. The van der Waals surface area contributed by atoms with Gasteiger partial charge in [0.2, 0.25) is 5.72 Å². The van der Waals surface area contributed by atoms with Crippen LogP contribution in [-0.2, 0) is 46.3 Å². The summed E-state index contributed by atoms with van der Waals surface area (Å²) in [5, 5.41) is 49.0. The fourth-order valence-corrected chi connectivity index (χ4v) is 20.0. The molecule has 12 nitrogen and oxygen atoms in total. The zero-order valence-corrected chi connectivity index (χ0v) is 58.8. The van der Waals surface area contributed by atoms with Crippen molar-refractivity contribution in [3.8, 4) is 23.3 Å². The first kappa shape index (κ1) is 68.3. The number of nitrogens with zero attached hydrogens (tertiary/aromatic N) is 1. The molecular weight excluding hydrogens is 1230 g/mol. The number of aryl methyl sites for hydroxylation is 2. The van der Waals surface area contributed by atoms with Gasteiger partial charge in [0.25, 0.3) is 0 Å². The van der Waals surface area contributed by atoms with Crippen LogP contribution >= 0.6 is 0 Å². The standard InChI is InChI=1S/C82H93N3O9S.Na/c1-49(2)16-18-55-23-22-54-13-7-8-15-68(54)72(55)45-76(88)56-24-20-53(21-25-56)60-28-29-63-32-37-74(75(81(63,89)47-60)39-51-10-5-4-6-11-51)82(85-80(83)84)64-30-26-57(27-31-64)78-61-40-62(79-70-35-33-65(87)41-58(70)14-9-12-52(48-86)38-67(43-61)93-79)44-73(78)77(95(90,91)92)46-71-50(3)17-19-59-42-66(94-82)34-36-69(59)71;/h4-8,10-11,13,15,20-27,30-31,33-36,41-42,44,49-50,52,60-61,63,67,71,73-79,86-89H,12,16-19,28-29,32,37-40,43,45-48H2,1-3H3,(H4,83,84,85)(H,90,91,92);/q;+1/p-1. The number of phenols is 1. The Morgan fingerprint density at radius 3 is 2.34 bits per heavy atom. The van der Waals surface area contributed by atoms with E-state index in [-0.39, 0.29) is 95.9 Å². The van der Waals surface area contributed by atoms with E-state index in [9.17, 15) is 33.4 Å². The maximum absolute atomic E-state index is 14.5. The van der Waals surface area contributed by atoms with Gasteiger partial charge in [0.15, 0.2) is 5.96 Å². The fourth-order valence-electron chi connectivity index (χ4n) is 18.9. The molecule has 16 atom stereocenters. The molecule has 16 rings (SSSR count). The van der Waals surface area contributed by atoms with Crippen molar-refractivity contribution in [3.05, 3.63) is 225 Å². The van der Waals surface area contributed by atoms with Crippen molar-refractivity contribution in [2.75, 3.05) is 6.61 Å². The van der Waals surface area contributed by atoms with E-state index in [1.165, 1.54) is 21.9 Å². The Bertz CT molecular complexity index is 4200. The monoisotopic (exact) mass is 1320 g/mol. The van der Waals surface area contributed by atoms with Crippen LogP contribution in [-0.4, -0.2) is 62.9 Å². The fraction of sp³-hybridized carbons (Fsp3) is 0.451. The van der Waals surface area contributed by atoms with Gasteiger partial charge in [-0.15, -0.1) is 0 Å². The number of nitrogens with two attached hydrogens (primary N) is 2. The molecule has 496 valence electrons. The molecule has 5 heterocycles. The number of hydrogen-bond acceptors (Lipinski definition) is 10. The number of aliphatic hydroxyl groups excluding tert-OH is 2. The van der Waals surface area contributed by atoms with Gasteiger partial charge in [-0.1, -0.05) is 166 Å². The van der Waals surface area contributed by atoms with Crippen molar-refractivity contribution >= 4 is 26.9 Å². The molecular formula is C82H92N3NaO9S. The number of ether oxygens (including phenoxy) is 2. The maximum atomic E-state index is 14.5. The minimum atomic E-state index is -4.98. The van der Waals surface area contributed by atoms with Gasteiger partial charge in [-0.25, -0.2) is 13.4 Å². The Labute approximate surface area is 589 Å². The van der Waals surface area contributed by atoms with Crippen molar-refractivity contribution in [2.45, 2.75) is 176 Å². The average Bonchev–Trinajstić information content (AvgIpc) is 0.933. The smallest absolute Gasteiger partial charge is 0.748 e. The van der Waals surface area contributed by atoms with Crippen LogP contribution in [0, 0.1) is 59.2 Å². The van der Waals surface area contributed by atoms with E-state index in [1.807, 2.05) is 30.3 Å². The van der Waals surface area contributed by atoms with E-state index in [4.69, 9.17) is 25.9 Å². The van der Waals surface area contributed by atoms with Gasteiger partial charge >= 0.3 is 29.6 Å². The number of fused-ring (bicyclic) bond motifs is 10. The van der Waals surface area contributed by atoms with E-state index in [1.54, 1.807) is 12.1 Å². The number of benzene rings is 7. The molecule has 7 aromatic rings. The number of guanidine groups is 1.